The van der Waals surface area contributed by atoms with E-state index in [0.717, 1.165) is 56.2 Å². The van der Waals surface area contributed by atoms with Crippen molar-refractivity contribution in [3.63, 3.8) is 0 Å². The number of aliphatic carboxylic acids is 2. The lowest BCUT2D eigenvalue weighted by molar-refractivity contribution is -0.159. The molecular weight excluding hydrogens is 428 g/mol. The molecule has 0 saturated carbocycles. The smallest absolute Gasteiger partial charge is 0.414 e. The molecule has 0 bridgehead atoms. The molecule has 1 aromatic rings. The summed E-state index contributed by atoms with van der Waals surface area (Å²) in [6.07, 6.45) is 2.19. The lowest BCUT2D eigenvalue weighted by atomic mass is 9.98. The largest absolute Gasteiger partial charge is 0.473 e. The molecule has 2 aliphatic heterocycles. The molecule has 172 valence electrons. The van der Waals surface area contributed by atoms with Gasteiger partial charge in [-0.3, -0.25) is 9.69 Å². The van der Waals surface area contributed by atoms with Gasteiger partial charge in [-0.25, -0.2) is 9.59 Å². The highest BCUT2D eigenvalue weighted by Crippen LogP contribution is 2.18. The average molecular weight is 457 g/mol. The zero-order valence-electron chi connectivity index (χ0n) is 17.4. The third-order valence-electron chi connectivity index (χ3n) is 5.15. The summed E-state index contributed by atoms with van der Waals surface area (Å²) in [5.41, 5.74) is 1.15. The fourth-order valence-electron chi connectivity index (χ4n) is 3.34. The quantitative estimate of drug-likeness (QED) is 0.620. The van der Waals surface area contributed by atoms with Crippen molar-refractivity contribution in [2.24, 2.45) is 5.92 Å². The maximum absolute atomic E-state index is 12.3. The molecular formula is C21H29ClN2O7. The van der Waals surface area contributed by atoms with E-state index < -0.39 is 11.9 Å². The van der Waals surface area contributed by atoms with Crippen LogP contribution in [0.15, 0.2) is 24.3 Å². The number of nitrogens with zero attached hydrogens (tertiary/aromatic N) is 2. The van der Waals surface area contributed by atoms with Crippen molar-refractivity contribution in [3.05, 3.63) is 34.9 Å². The van der Waals surface area contributed by atoms with Gasteiger partial charge in [0, 0.05) is 24.7 Å². The first kappa shape index (κ1) is 25.1. The molecule has 2 saturated heterocycles. The first-order valence-electron chi connectivity index (χ1n) is 10.2. The van der Waals surface area contributed by atoms with Gasteiger partial charge in [0.1, 0.15) is 0 Å². The lowest BCUT2D eigenvalue weighted by Gasteiger charge is -2.34. The van der Waals surface area contributed by atoms with E-state index >= 15 is 0 Å². The summed E-state index contributed by atoms with van der Waals surface area (Å²) in [6, 6.07) is 7.79. The number of rotatable bonds is 6. The first-order chi connectivity index (χ1) is 14.8. The average Bonchev–Trinajstić information content (AvgIpc) is 2.77. The molecule has 2 fully saturated rings. The SMILES string of the molecule is O=C(CN1CCC(COCc2ccc(Cl)cc2)CC1)N1CCOCC1.O=C(O)C(=O)O. The van der Waals surface area contributed by atoms with Gasteiger partial charge in [-0.1, -0.05) is 23.7 Å². The number of carbonyl (C=O) groups is 3. The van der Waals surface area contributed by atoms with Gasteiger partial charge in [-0.15, -0.1) is 0 Å². The van der Waals surface area contributed by atoms with Gasteiger partial charge < -0.3 is 24.6 Å². The molecule has 0 aromatic heterocycles. The third kappa shape index (κ3) is 9.65. The zero-order chi connectivity index (χ0) is 22.6. The zero-order valence-corrected chi connectivity index (χ0v) is 18.1. The number of amides is 1. The van der Waals surface area contributed by atoms with Crippen LogP contribution in [0.3, 0.4) is 0 Å². The number of carboxylic acids is 2. The molecule has 0 atom stereocenters. The molecule has 2 heterocycles. The highest BCUT2D eigenvalue weighted by atomic mass is 35.5. The number of piperidine rings is 1. The Bertz CT molecular complexity index is 703. The predicted octanol–water partition coefficient (Wildman–Crippen LogP) is 1.58. The molecule has 0 aliphatic carbocycles. The Kier molecular flexibility index (Phi) is 10.7. The van der Waals surface area contributed by atoms with Crippen molar-refractivity contribution in [2.75, 3.05) is 52.5 Å². The van der Waals surface area contributed by atoms with E-state index in [9.17, 15) is 4.79 Å². The summed E-state index contributed by atoms with van der Waals surface area (Å²) in [4.78, 5) is 34.7. The number of benzene rings is 1. The van der Waals surface area contributed by atoms with E-state index in [-0.39, 0.29) is 5.91 Å². The van der Waals surface area contributed by atoms with E-state index in [1.54, 1.807) is 0 Å². The van der Waals surface area contributed by atoms with Crippen LogP contribution in [0.1, 0.15) is 18.4 Å². The van der Waals surface area contributed by atoms with E-state index in [4.69, 9.17) is 40.9 Å². The second-order valence-corrected chi connectivity index (χ2v) is 7.90. The Balaban J connectivity index is 0.000000501. The molecule has 1 amide bonds. The van der Waals surface area contributed by atoms with Gasteiger partial charge >= 0.3 is 11.9 Å². The molecule has 0 unspecified atom stereocenters. The summed E-state index contributed by atoms with van der Waals surface area (Å²) >= 11 is 5.89. The molecule has 1 aromatic carbocycles. The highest BCUT2D eigenvalue weighted by molar-refractivity contribution is 6.30. The molecule has 9 nitrogen and oxygen atoms in total. The maximum Gasteiger partial charge on any atom is 0.414 e. The van der Waals surface area contributed by atoms with Crippen LogP contribution in [-0.4, -0.2) is 90.4 Å². The minimum atomic E-state index is -1.82. The standard InChI is InChI=1S/C19H27ClN2O3.C2H2O4/c20-18-3-1-16(2-4-18)14-25-15-17-5-7-21(8-6-17)13-19(23)22-9-11-24-12-10-22;3-1(4)2(5)6/h1-4,17H,5-15H2;(H,3,4)(H,5,6). The lowest BCUT2D eigenvalue weighted by Crippen LogP contribution is -2.47. The Morgan fingerprint density at radius 2 is 1.58 bits per heavy atom. The second kappa shape index (κ2) is 13.3. The number of carbonyl (C=O) groups excluding carboxylic acids is 1. The van der Waals surface area contributed by atoms with Gasteiger partial charge in [0.25, 0.3) is 0 Å². The Hall–Kier alpha value is -2.20. The number of ether oxygens (including phenoxy) is 2. The van der Waals surface area contributed by atoms with Crippen LogP contribution in [0, 0.1) is 5.92 Å². The van der Waals surface area contributed by atoms with Crippen LogP contribution in [0.25, 0.3) is 0 Å². The first-order valence-corrected chi connectivity index (χ1v) is 10.6. The molecule has 0 radical (unpaired) electrons. The van der Waals surface area contributed by atoms with Crippen molar-refractivity contribution >= 4 is 29.4 Å². The van der Waals surface area contributed by atoms with Crippen LogP contribution < -0.4 is 0 Å². The number of hydrogen-bond donors (Lipinski definition) is 2. The summed E-state index contributed by atoms with van der Waals surface area (Å²) in [5, 5.41) is 15.5. The van der Waals surface area contributed by atoms with Crippen molar-refractivity contribution in [3.8, 4) is 0 Å². The van der Waals surface area contributed by atoms with Crippen LogP contribution >= 0.6 is 11.6 Å². The second-order valence-electron chi connectivity index (χ2n) is 7.46. The van der Waals surface area contributed by atoms with Crippen LogP contribution in [0.4, 0.5) is 0 Å². The van der Waals surface area contributed by atoms with Gasteiger partial charge in [0.05, 0.1) is 26.4 Å². The summed E-state index contributed by atoms with van der Waals surface area (Å²) in [7, 11) is 0. The third-order valence-corrected chi connectivity index (χ3v) is 5.40. The van der Waals surface area contributed by atoms with Gasteiger partial charge in [-0.2, -0.15) is 0 Å². The number of carboxylic acid groups (broad SMARTS) is 2. The molecule has 2 N–H and O–H groups in total. The van der Waals surface area contributed by atoms with Gasteiger partial charge in [0.15, 0.2) is 0 Å². The highest BCUT2D eigenvalue weighted by Gasteiger charge is 2.24. The van der Waals surface area contributed by atoms with Crippen LogP contribution in [0.2, 0.25) is 5.02 Å². The fourth-order valence-corrected chi connectivity index (χ4v) is 3.47. The fraction of sp³-hybridized carbons (Fsp3) is 0.571. The number of morpholine rings is 1. The van der Waals surface area contributed by atoms with Crippen LogP contribution in [0.5, 0.6) is 0 Å². The molecule has 3 rings (SSSR count). The van der Waals surface area contributed by atoms with Crippen molar-refractivity contribution in [1.29, 1.82) is 0 Å². The van der Waals surface area contributed by atoms with E-state index in [1.165, 1.54) is 0 Å². The summed E-state index contributed by atoms with van der Waals surface area (Å²) in [5.74, 6) is -2.83. The van der Waals surface area contributed by atoms with E-state index in [2.05, 4.69) is 4.90 Å². The monoisotopic (exact) mass is 456 g/mol. The topological polar surface area (TPSA) is 117 Å². The summed E-state index contributed by atoms with van der Waals surface area (Å²) < 4.78 is 11.2. The molecule has 10 heteroatoms. The Labute approximate surface area is 186 Å². The molecule has 31 heavy (non-hydrogen) atoms. The van der Waals surface area contributed by atoms with Crippen molar-refractivity contribution < 1.29 is 34.1 Å². The minimum Gasteiger partial charge on any atom is -0.473 e. The van der Waals surface area contributed by atoms with E-state index in [0.29, 0.717) is 32.3 Å². The summed E-state index contributed by atoms with van der Waals surface area (Å²) in [6.45, 7) is 6.70. The molecule has 2 aliphatic rings. The maximum atomic E-state index is 12.3. The van der Waals surface area contributed by atoms with Crippen molar-refractivity contribution in [2.45, 2.75) is 19.4 Å². The number of halogens is 1. The van der Waals surface area contributed by atoms with Crippen LogP contribution in [-0.2, 0) is 30.5 Å². The number of hydrogen-bond acceptors (Lipinski definition) is 6. The molecule has 0 spiro atoms. The minimum absolute atomic E-state index is 0.237. The normalized spacial score (nSPS) is 17.5. The number of likely N-dealkylation sites (tertiary alicyclic amines) is 1. The predicted molar refractivity (Wildman–Crippen MR) is 113 cm³/mol. The van der Waals surface area contributed by atoms with Gasteiger partial charge in [-0.05, 0) is 49.5 Å². The van der Waals surface area contributed by atoms with E-state index in [1.807, 2.05) is 29.2 Å². The van der Waals surface area contributed by atoms with Gasteiger partial charge in [0.2, 0.25) is 5.91 Å². The van der Waals surface area contributed by atoms with Crippen molar-refractivity contribution in [1.82, 2.24) is 9.80 Å². The Morgan fingerprint density at radius 1 is 1.00 bits per heavy atom. The Morgan fingerprint density at radius 3 is 2.13 bits per heavy atom.